The summed E-state index contributed by atoms with van der Waals surface area (Å²) in [5.41, 5.74) is 5.16. The first kappa shape index (κ1) is 24.7. The van der Waals surface area contributed by atoms with Crippen LogP contribution in [0.15, 0.2) is 48.5 Å². The lowest BCUT2D eigenvalue weighted by Crippen LogP contribution is -1.98. The Kier molecular flexibility index (Phi) is 12.3. The quantitative estimate of drug-likeness (QED) is 0.357. The molecular weight excluding hydrogens is 416 g/mol. The van der Waals surface area contributed by atoms with Gasteiger partial charge in [-0.3, -0.25) is 0 Å². The predicted octanol–water partition coefficient (Wildman–Crippen LogP) is 5.78. The highest BCUT2D eigenvalue weighted by molar-refractivity contribution is 8.04. The van der Waals surface area contributed by atoms with Gasteiger partial charge in [0.15, 0.2) is 0 Å². The second-order valence-electron chi connectivity index (χ2n) is 7.37. The maximum Gasteiger partial charge on any atom is 0.0497 e. The second-order valence-corrected chi connectivity index (χ2v) is 10.8. The summed E-state index contributed by atoms with van der Waals surface area (Å²) in [4.78, 5) is 0. The van der Waals surface area contributed by atoms with Gasteiger partial charge in [-0.2, -0.15) is 35.3 Å². The van der Waals surface area contributed by atoms with Crippen LogP contribution < -0.4 is 0 Å². The average Bonchev–Trinajstić information content (AvgIpc) is 2.77. The van der Waals surface area contributed by atoms with Gasteiger partial charge >= 0.3 is 0 Å². The van der Waals surface area contributed by atoms with Crippen LogP contribution in [-0.4, -0.2) is 46.4 Å². The Hall–Kier alpha value is -0.590. The van der Waals surface area contributed by atoms with Gasteiger partial charge in [0.1, 0.15) is 0 Å². The maximum absolute atomic E-state index is 9.21. The van der Waals surface area contributed by atoms with Gasteiger partial charge in [0.25, 0.3) is 0 Å². The third-order valence-electron chi connectivity index (χ3n) is 4.93. The maximum atomic E-state index is 9.21. The lowest BCUT2D eigenvalue weighted by Gasteiger charge is -2.09. The summed E-state index contributed by atoms with van der Waals surface area (Å²) in [6.45, 7) is 4.52. The fraction of sp³-hybridized carbons (Fsp3) is 0.500. The molecule has 2 N–H and O–H groups in total. The standard InChI is InChI=1S/C24H34O2S3/c1-19(15-25)23-7-3-21(4-8-23)17-28-13-11-27-12-14-29-18-22-5-9-24(10-6-22)20(2)16-26/h3-10,19-20,25-26H,11-18H2,1-2H3. The van der Waals surface area contributed by atoms with Crippen LogP contribution in [0.25, 0.3) is 0 Å². The lowest BCUT2D eigenvalue weighted by molar-refractivity contribution is 0.273. The van der Waals surface area contributed by atoms with Gasteiger partial charge in [0.2, 0.25) is 0 Å². The number of benzene rings is 2. The highest BCUT2D eigenvalue weighted by Gasteiger charge is 2.04. The van der Waals surface area contributed by atoms with Crippen molar-refractivity contribution in [3.05, 3.63) is 70.8 Å². The van der Waals surface area contributed by atoms with E-state index in [1.54, 1.807) is 0 Å². The van der Waals surface area contributed by atoms with E-state index in [0.717, 1.165) is 11.5 Å². The Balaban J connectivity index is 1.49. The first-order chi connectivity index (χ1) is 14.1. The first-order valence-corrected chi connectivity index (χ1v) is 13.7. The normalized spacial score (nSPS) is 13.4. The highest BCUT2D eigenvalue weighted by atomic mass is 32.2. The molecule has 0 aliphatic heterocycles. The largest absolute Gasteiger partial charge is 0.396 e. The summed E-state index contributed by atoms with van der Waals surface area (Å²) in [6.07, 6.45) is 0. The molecular formula is C24H34O2S3. The molecule has 0 aliphatic rings. The average molecular weight is 451 g/mol. The van der Waals surface area contributed by atoms with Crippen LogP contribution in [-0.2, 0) is 11.5 Å². The SMILES string of the molecule is CC(CO)c1ccc(CSCCSCCSCc2ccc(C(C)CO)cc2)cc1. The topological polar surface area (TPSA) is 40.5 Å². The molecule has 2 unspecified atom stereocenters. The number of rotatable bonds is 14. The fourth-order valence-electron chi connectivity index (χ4n) is 2.81. The number of aliphatic hydroxyl groups is 2. The van der Waals surface area contributed by atoms with Crippen molar-refractivity contribution in [1.82, 2.24) is 0 Å². The van der Waals surface area contributed by atoms with Crippen LogP contribution in [0.3, 0.4) is 0 Å². The zero-order chi connectivity index (χ0) is 20.9. The molecule has 0 aliphatic carbocycles. The van der Waals surface area contributed by atoms with Crippen molar-refractivity contribution >= 4 is 35.3 Å². The molecule has 0 fully saturated rings. The molecule has 0 aromatic heterocycles. The van der Waals surface area contributed by atoms with E-state index in [0.29, 0.717) is 0 Å². The van der Waals surface area contributed by atoms with E-state index in [4.69, 9.17) is 0 Å². The van der Waals surface area contributed by atoms with Crippen LogP contribution in [0.4, 0.5) is 0 Å². The molecule has 2 rings (SSSR count). The van der Waals surface area contributed by atoms with Gasteiger partial charge < -0.3 is 10.2 Å². The van der Waals surface area contributed by atoms with Crippen LogP contribution in [0.2, 0.25) is 0 Å². The minimum atomic E-state index is 0.208. The Labute approximate surface area is 189 Å². The van der Waals surface area contributed by atoms with Gasteiger partial charge in [0.05, 0.1) is 0 Å². The Morgan fingerprint density at radius 2 is 0.931 bits per heavy atom. The molecule has 0 radical (unpaired) electrons. The molecule has 0 saturated carbocycles. The van der Waals surface area contributed by atoms with E-state index in [2.05, 4.69) is 62.4 Å². The highest BCUT2D eigenvalue weighted by Crippen LogP contribution is 2.21. The fourth-order valence-corrected chi connectivity index (χ4v) is 6.05. The summed E-state index contributed by atoms with van der Waals surface area (Å²) in [5.74, 6) is 7.36. The van der Waals surface area contributed by atoms with Crippen molar-refractivity contribution in [3.8, 4) is 0 Å². The van der Waals surface area contributed by atoms with Crippen LogP contribution >= 0.6 is 35.3 Å². The Bertz CT molecular complexity index is 614. The summed E-state index contributed by atoms with van der Waals surface area (Å²) < 4.78 is 0. The molecule has 0 spiro atoms. The summed E-state index contributed by atoms with van der Waals surface area (Å²) >= 11 is 6.04. The predicted molar refractivity (Wildman–Crippen MR) is 134 cm³/mol. The zero-order valence-corrected chi connectivity index (χ0v) is 20.0. The van der Waals surface area contributed by atoms with Crippen molar-refractivity contribution in [2.75, 3.05) is 36.2 Å². The summed E-state index contributed by atoms with van der Waals surface area (Å²) in [6, 6.07) is 17.3. The van der Waals surface area contributed by atoms with Gasteiger partial charge in [-0.1, -0.05) is 62.4 Å². The van der Waals surface area contributed by atoms with Gasteiger partial charge in [-0.25, -0.2) is 0 Å². The van der Waals surface area contributed by atoms with E-state index < -0.39 is 0 Å². The van der Waals surface area contributed by atoms with Crippen LogP contribution in [0.1, 0.15) is 47.9 Å². The molecule has 0 amide bonds. The van der Waals surface area contributed by atoms with Gasteiger partial charge in [-0.05, 0) is 22.3 Å². The zero-order valence-electron chi connectivity index (χ0n) is 17.5. The molecule has 2 atom stereocenters. The van der Waals surface area contributed by atoms with E-state index in [1.165, 1.54) is 45.3 Å². The molecule has 0 bridgehead atoms. The van der Waals surface area contributed by atoms with E-state index in [1.807, 2.05) is 35.3 Å². The van der Waals surface area contributed by atoms with Gasteiger partial charge in [-0.15, -0.1) is 0 Å². The molecule has 2 nitrogen and oxygen atoms in total. The van der Waals surface area contributed by atoms with Crippen molar-refractivity contribution in [2.45, 2.75) is 37.2 Å². The number of aliphatic hydroxyl groups excluding tert-OH is 2. The number of thioether (sulfide) groups is 3. The summed E-state index contributed by atoms with van der Waals surface area (Å²) in [7, 11) is 0. The smallest absolute Gasteiger partial charge is 0.0497 e. The first-order valence-electron chi connectivity index (χ1n) is 10.3. The second kappa shape index (κ2) is 14.4. The Morgan fingerprint density at radius 3 is 1.28 bits per heavy atom. The minimum Gasteiger partial charge on any atom is -0.396 e. The molecule has 2 aromatic rings. The molecule has 5 heteroatoms. The van der Waals surface area contributed by atoms with Crippen LogP contribution in [0, 0.1) is 0 Å². The molecule has 160 valence electrons. The number of hydrogen-bond donors (Lipinski definition) is 2. The monoisotopic (exact) mass is 450 g/mol. The van der Waals surface area contributed by atoms with Crippen molar-refractivity contribution < 1.29 is 10.2 Å². The minimum absolute atomic E-state index is 0.208. The van der Waals surface area contributed by atoms with E-state index in [-0.39, 0.29) is 25.0 Å². The number of hydrogen-bond acceptors (Lipinski definition) is 5. The van der Waals surface area contributed by atoms with Crippen molar-refractivity contribution in [3.63, 3.8) is 0 Å². The van der Waals surface area contributed by atoms with Gasteiger partial charge in [0, 0.05) is 59.6 Å². The Morgan fingerprint density at radius 1 is 0.586 bits per heavy atom. The van der Waals surface area contributed by atoms with E-state index in [9.17, 15) is 10.2 Å². The summed E-state index contributed by atoms with van der Waals surface area (Å²) in [5, 5.41) is 18.4. The molecule has 29 heavy (non-hydrogen) atoms. The third kappa shape index (κ3) is 9.39. The van der Waals surface area contributed by atoms with Crippen molar-refractivity contribution in [2.24, 2.45) is 0 Å². The molecule has 0 heterocycles. The van der Waals surface area contributed by atoms with E-state index >= 15 is 0 Å². The lowest BCUT2D eigenvalue weighted by atomic mass is 10.0. The van der Waals surface area contributed by atoms with Crippen LogP contribution in [0.5, 0.6) is 0 Å². The third-order valence-corrected chi connectivity index (χ3v) is 8.49. The molecule has 0 saturated heterocycles. The van der Waals surface area contributed by atoms with Crippen molar-refractivity contribution in [1.29, 1.82) is 0 Å². The molecule has 2 aromatic carbocycles.